The number of hydrogen-bond donors (Lipinski definition) is 1. The third-order valence-corrected chi connectivity index (χ3v) is 3.40. The van der Waals surface area contributed by atoms with Crippen molar-refractivity contribution in [3.05, 3.63) is 52.0 Å². The fourth-order valence-electron chi connectivity index (χ4n) is 1.94. The minimum absolute atomic E-state index is 0.0897. The quantitative estimate of drug-likeness (QED) is 0.787. The van der Waals surface area contributed by atoms with Gasteiger partial charge in [-0.3, -0.25) is 0 Å². The van der Waals surface area contributed by atoms with Crippen LogP contribution < -0.4 is 0 Å². The van der Waals surface area contributed by atoms with Crippen LogP contribution in [0.15, 0.2) is 36.4 Å². The van der Waals surface area contributed by atoms with Gasteiger partial charge in [0.1, 0.15) is 5.52 Å². The predicted molar refractivity (Wildman–Crippen MR) is 75.8 cm³/mol. The summed E-state index contributed by atoms with van der Waals surface area (Å²) in [6.07, 6.45) is 0. The highest BCUT2D eigenvalue weighted by molar-refractivity contribution is 6.34. The van der Waals surface area contributed by atoms with E-state index in [9.17, 15) is 4.79 Å². The van der Waals surface area contributed by atoms with E-state index in [1.54, 1.807) is 30.3 Å². The van der Waals surface area contributed by atoms with Crippen LogP contribution in [0.1, 0.15) is 10.4 Å². The summed E-state index contributed by atoms with van der Waals surface area (Å²) in [4.78, 5) is 11.2. The molecule has 0 saturated heterocycles. The van der Waals surface area contributed by atoms with Crippen LogP contribution in [0.2, 0.25) is 10.0 Å². The molecule has 0 unspecified atom stereocenters. The number of carboxylic acids is 1. The van der Waals surface area contributed by atoms with Gasteiger partial charge in [0.15, 0.2) is 0 Å². The van der Waals surface area contributed by atoms with E-state index < -0.39 is 5.97 Å². The molecule has 0 amide bonds. The van der Waals surface area contributed by atoms with Gasteiger partial charge in [-0.05, 0) is 30.3 Å². The molecular formula is C13H7Cl2N3O2. The second-order valence-corrected chi connectivity index (χ2v) is 4.92. The van der Waals surface area contributed by atoms with E-state index in [4.69, 9.17) is 28.3 Å². The molecule has 1 N–H and O–H groups in total. The molecule has 0 aliphatic rings. The van der Waals surface area contributed by atoms with Gasteiger partial charge in [0.2, 0.25) is 0 Å². The number of fused-ring (bicyclic) bond motifs is 1. The van der Waals surface area contributed by atoms with Gasteiger partial charge in [-0.2, -0.15) is 0 Å². The van der Waals surface area contributed by atoms with E-state index >= 15 is 0 Å². The van der Waals surface area contributed by atoms with Crippen molar-refractivity contribution < 1.29 is 9.90 Å². The topological polar surface area (TPSA) is 68.0 Å². The number of halogens is 2. The lowest BCUT2D eigenvalue weighted by Gasteiger charge is -2.05. The number of aromatic nitrogens is 3. The average Bonchev–Trinajstić information content (AvgIpc) is 2.85. The van der Waals surface area contributed by atoms with Crippen LogP contribution in [0.25, 0.3) is 16.7 Å². The predicted octanol–water partition coefficient (Wildman–Crippen LogP) is 3.43. The second-order valence-electron chi connectivity index (χ2n) is 4.08. The largest absolute Gasteiger partial charge is 0.478 e. The molecule has 2 aromatic carbocycles. The molecular weight excluding hydrogens is 301 g/mol. The summed E-state index contributed by atoms with van der Waals surface area (Å²) in [7, 11) is 0. The van der Waals surface area contributed by atoms with Gasteiger partial charge in [-0.1, -0.05) is 34.5 Å². The zero-order valence-corrected chi connectivity index (χ0v) is 11.4. The van der Waals surface area contributed by atoms with Crippen LogP contribution in [0, 0.1) is 0 Å². The van der Waals surface area contributed by atoms with Crippen LogP contribution in [0.5, 0.6) is 0 Å². The Hall–Kier alpha value is -2.11. The van der Waals surface area contributed by atoms with Gasteiger partial charge in [0.05, 0.1) is 21.8 Å². The molecule has 3 rings (SSSR count). The van der Waals surface area contributed by atoms with Gasteiger partial charge < -0.3 is 5.11 Å². The fraction of sp³-hybridized carbons (Fsp3) is 0. The van der Waals surface area contributed by atoms with Crippen molar-refractivity contribution in [3.63, 3.8) is 0 Å². The van der Waals surface area contributed by atoms with Crippen molar-refractivity contribution in [1.82, 2.24) is 15.0 Å². The van der Waals surface area contributed by atoms with E-state index in [-0.39, 0.29) is 5.56 Å². The van der Waals surface area contributed by atoms with Crippen LogP contribution in [0.4, 0.5) is 0 Å². The molecule has 5 nitrogen and oxygen atoms in total. The lowest BCUT2D eigenvalue weighted by atomic mass is 10.2. The number of hydrogen-bond acceptors (Lipinski definition) is 3. The highest BCUT2D eigenvalue weighted by Gasteiger charge is 2.15. The Kier molecular flexibility index (Phi) is 3.08. The Labute approximate surface area is 123 Å². The van der Waals surface area contributed by atoms with E-state index in [0.29, 0.717) is 26.8 Å². The fourth-order valence-corrected chi connectivity index (χ4v) is 2.31. The maximum atomic E-state index is 11.2. The molecule has 0 saturated carbocycles. The highest BCUT2D eigenvalue weighted by Crippen LogP contribution is 2.27. The van der Waals surface area contributed by atoms with Crippen molar-refractivity contribution in [2.45, 2.75) is 0 Å². The molecule has 0 spiro atoms. The van der Waals surface area contributed by atoms with Gasteiger partial charge in [-0.15, -0.1) is 5.10 Å². The molecule has 1 aromatic heterocycles. The Morgan fingerprint density at radius 3 is 2.75 bits per heavy atom. The summed E-state index contributed by atoms with van der Waals surface area (Å²) in [5.74, 6) is -1.06. The number of benzene rings is 2. The molecule has 7 heteroatoms. The molecule has 0 bridgehead atoms. The molecule has 0 aliphatic heterocycles. The average molecular weight is 308 g/mol. The van der Waals surface area contributed by atoms with Crippen molar-refractivity contribution >= 4 is 40.2 Å². The first kappa shape index (κ1) is 12.9. The maximum Gasteiger partial charge on any atom is 0.338 e. The first-order valence-corrected chi connectivity index (χ1v) is 6.36. The van der Waals surface area contributed by atoms with Crippen molar-refractivity contribution in [2.75, 3.05) is 0 Å². The van der Waals surface area contributed by atoms with E-state index in [0.717, 1.165) is 0 Å². The zero-order valence-electron chi connectivity index (χ0n) is 9.92. The zero-order chi connectivity index (χ0) is 14.3. The first-order chi connectivity index (χ1) is 9.58. The third kappa shape index (κ3) is 2.01. The van der Waals surface area contributed by atoms with Crippen molar-refractivity contribution in [1.29, 1.82) is 0 Å². The van der Waals surface area contributed by atoms with Crippen LogP contribution in [-0.2, 0) is 0 Å². The summed E-state index contributed by atoms with van der Waals surface area (Å²) >= 11 is 12.1. The number of carbonyl (C=O) groups is 1. The third-order valence-electron chi connectivity index (χ3n) is 2.84. The van der Waals surface area contributed by atoms with Gasteiger partial charge in [0.25, 0.3) is 0 Å². The van der Waals surface area contributed by atoms with Gasteiger partial charge in [0, 0.05) is 5.02 Å². The van der Waals surface area contributed by atoms with Crippen LogP contribution in [-0.4, -0.2) is 26.1 Å². The number of nitrogens with zero attached hydrogens (tertiary/aromatic N) is 3. The minimum Gasteiger partial charge on any atom is -0.478 e. The highest BCUT2D eigenvalue weighted by atomic mass is 35.5. The maximum absolute atomic E-state index is 11.2. The minimum atomic E-state index is -1.06. The van der Waals surface area contributed by atoms with E-state index in [1.807, 2.05) is 0 Å². The molecule has 100 valence electrons. The lowest BCUT2D eigenvalue weighted by Crippen LogP contribution is -1.99. The standard InChI is InChI=1S/C13H7Cl2N3O2/c14-7-4-5-9(15)11(6-7)18-10-3-1-2-8(13(19)20)12(10)16-17-18/h1-6H,(H,19,20). The lowest BCUT2D eigenvalue weighted by molar-refractivity contribution is 0.0699. The number of aromatic carboxylic acids is 1. The monoisotopic (exact) mass is 307 g/mol. The Morgan fingerprint density at radius 2 is 2.00 bits per heavy atom. The SMILES string of the molecule is O=C(O)c1cccc2c1nnn2-c1cc(Cl)ccc1Cl. The summed E-state index contributed by atoms with van der Waals surface area (Å²) in [6, 6.07) is 9.78. The van der Waals surface area contributed by atoms with Crippen LogP contribution >= 0.6 is 23.2 Å². The summed E-state index contributed by atoms with van der Waals surface area (Å²) in [6.45, 7) is 0. The summed E-state index contributed by atoms with van der Waals surface area (Å²) in [5, 5.41) is 18.0. The van der Waals surface area contributed by atoms with Crippen molar-refractivity contribution in [2.24, 2.45) is 0 Å². The molecule has 20 heavy (non-hydrogen) atoms. The first-order valence-electron chi connectivity index (χ1n) is 5.61. The molecule has 3 aromatic rings. The molecule has 1 heterocycles. The smallest absolute Gasteiger partial charge is 0.338 e. The summed E-state index contributed by atoms with van der Waals surface area (Å²) in [5.41, 5.74) is 1.49. The molecule has 0 aliphatic carbocycles. The number of rotatable bonds is 2. The summed E-state index contributed by atoms with van der Waals surface area (Å²) < 4.78 is 1.47. The molecule has 0 fully saturated rings. The molecule has 0 radical (unpaired) electrons. The number of carboxylic acid groups (broad SMARTS) is 1. The normalized spacial score (nSPS) is 10.9. The Morgan fingerprint density at radius 1 is 1.20 bits per heavy atom. The Bertz CT molecular complexity index is 830. The van der Waals surface area contributed by atoms with E-state index in [1.165, 1.54) is 10.7 Å². The Balaban J connectivity index is 2.31. The van der Waals surface area contributed by atoms with E-state index in [2.05, 4.69) is 10.3 Å². The van der Waals surface area contributed by atoms with Gasteiger partial charge in [-0.25, -0.2) is 9.48 Å². The van der Waals surface area contributed by atoms with Crippen molar-refractivity contribution in [3.8, 4) is 5.69 Å². The van der Waals surface area contributed by atoms with Crippen LogP contribution in [0.3, 0.4) is 0 Å². The second kappa shape index (κ2) is 4.77. The van der Waals surface area contributed by atoms with Gasteiger partial charge >= 0.3 is 5.97 Å². The molecule has 0 atom stereocenters.